The maximum atomic E-state index is 6.42. The summed E-state index contributed by atoms with van der Waals surface area (Å²) >= 11 is 0. The van der Waals surface area contributed by atoms with E-state index in [-0.39, 0.29) is 0 Å². The van der Waals surface area contributed by atoms with E-state index in [2.05, 4.69) is 39.3 Å². The summed E-state index contributed by atoms with van der Waals surface area (Å²) in [7, 11) is -3.54. The summed E-state index contributed by atoms with van der Waals surface area (Å²) in [5, 5.41) is 0. The topological polar surface area (TPSA) is 35.2 Å². The molecule has 0 radical (unpaired) electrons. The number of nitrogens with two attached hydrogens (primary N) is 1. The van der Waals surface area contributed by atoms with E-state index in [1.165, 1.54) is 6.04 Å². The van der Waals surface area contributed by atoms with Gasteiger partial charge in [0.1, 0.15) is 0 Å². The van der Waals surface area contributed by atoms with Crippen molar-refractivity contribution in [3.8, 4) is 0 Å². The Hall–Kier alpha value is 0.571. The van der Waals surface area contributed by atoms with Crippen molar-refractivity contribution in [2.75, 3.05) is 6.54 Å². The number of hydrogen-bond acceptors (Lipinski definition) is 2. The van der Waals surface area contributed by atoms with Crippen LogP contribution in [0.1, 0.15) is 6.42 Å². The van der Waals surface area contributed by atoms with Crippen LogP contribution in [0, 0.1) is 0 Å². The van der Waals surface area contributed by atoms with Crippen LogP contribution >= 0.6 is 0 Å². The summed E-state index contributed by atoms with van der Waals surface area (Å²) < 4.78 is 6.42. The molecule has 0 aromatic rings. The standard InChI is InChI=1S/C10H27NOSi3/c1-13(2)9-10(7-8-11)12-14(3,4)15(13,5)6/h10H,7-9,11H2,1-6H3. The van der Waals surface area contributed by atoms with Crippen LogP contribution in [0.25, 0.3) is 0 Å². The Morgan fingerprint density at radius 3 is 2.07 bits per heavy atom. The van der Waals surface area contributed by atoms with E-state index in [0.717, 1.165) is 13.0 Å². The van der Waals surface area contributed by atoms with Crippen LogP contribution < -0.4 is 5.73 Å². The monoisotopic (exact) mass is 261 g/mol. The van der Waals surface area contributed by atoms with Crippen LogP contribution in [-0.4, -0.2) is 35.2 Å². The zero-order valence-electron chi connectivity index (χ0n) is 11.2. The van der Waals surface area contributed by atoms with E-state index in [9.17, 15) is 0 Å². The molecular weight excluding hydrogens is 234 g/mol. The highest BCUT2D eigenvalue weighted by Gasteiger charge is 2.58. The Labute approximate surface area is 97.3 Å². The highest BCUT2D eigenvalue weighted by atomic mass is 29.6. The molecule has 5 heteroatoms. The van der Waals surface area contributed by atoms with E-state index < -0.39 is 22.5 Å². The smallest absolute Gasteiger partial charge is 0.171 e. The third-order valence-corrected chi connectivity index (χ3v) is 45.3. The van der Waals surface area contributed by atoms with Gasteiger partial charge in [-0.15, -0.1) is 0 Å². The summed E-state index contributed by atoms with van der Waals surface area (Å²) in [6.07, 6.45) is 1.55. The third-order valence-electron chi connectivity index (χ3n) is 4.89. The van der Waals surface area contributed by atoms with Crippen LogP contribution in [0.15, 0.2) is 0 Å². The van der Waals surface area contributed by atoms with Crippen molar-refractivity contribution < 1.29 is 4.43 Å². The van der Waals surface area contributed by atoms with Gasteiger partial charge in [-0.2, -0.15) is 0 Å². The lowest BCUT2D eigenvalue weighted by atomic mass is 10.3. The second-order valence-corrected chi connectivity index (χ2v) is 33.9. The van der Waals surface area contributed by atoms with Crippen molar-refractivity contribution in [1.82, 2.24) is 0 Å². The lowest BCUT2D eigenvalue weighted by molar-refractivity contribution is 0.207. The second kappa shape index (κ2) is 4.10. The van der Waals surface area contributed by atoms with E-state index in [4.69, 9.17) is 10.2 Å². The molecule has 1 rings (SSSR count). The van der Waals surface area contributed by atoms with Gasteiger partial charge in [0.05, 0.1) is 7.11 Å². The van der Waals surface area contributed by atoms with Crippen LogP contribution in [-0.2, 0) is 4.43 Å². The minimum absolute atomic E-state index is 0.485. The predicted octanol–water partition coefficient (Wildman–Crippen LogP) is 2.51. The molecule has 0 amide bonds. The largest absolute Gasteiger partial charge is 0.418 e. The summed E-state index contributed by atoms with van der Waals surface area (Å²) in [5.41, 5.74) is 5.67. The molecule has 1 fully saturated rings. The van der Waals surface area contributed by atoms with Crippen molar-refractivity contribution in [3.05, 3.63) is 0 Å². The quantitative estimate of drug-likeness (QED) is 0.775. The van der Waals surface area contributed by atoms with Crippen LogP contribution in [0.4, 0.5) is 0 Å². The third kappa shape index (κ3) is 2.31. The lowest BCUT2D eigenvalue weighted by Gasteiger charge is -2.54. The molecule has 0 spiro atoms. The Kier molecular flexibility index (Phi) is 3.73. The molecule has 0 aromatic heterocycles. The molecule has 2 N–H and O–H groups in total. The van der Waals surface area contributed by atoms with Gasteiger partial charge in [-0.1, -0.05) is 26.2 Å². The fourth-order valence-electron chi connectivity index (χ4n) is 2.59. The molecular formula is C10H27NOSi3. The summed E-state index contributed by atoms with van der Waals surface area (Å²) in [6.45, 7) is 16.0. The minimum atomic E-state index is -1.41. The second-order valence-electron chi connectivity index (χ2n) is 6.54. The molecule has 0 aliphatic carbocycles. The molecule has 1 atom stereocenters. The predicted molar refractivity (Wildman–Crippen MR) is 75.8 cm³/mol. The first-order valence-electron chi connectivity index (χ1n) is 6.02. The van der Waals surface area contributed by atoms with Crippen molar-refractivity contribution in [2.45, 2.75) is 57.9 Å². The normalized spacial score (nSPS) is 32.6. The van der Waals surface area contributed by atoms with Gasteiger partial charge in [-0.3, -0.25) is 0 Å². The van der Waals surface area contributed by atoms with Crippen LogP contribution in [0.2, 0.25) is 45.3 Å². The van der Waals surface area contributed by atoms with Gasteiger partial charge < -0.3 is 10.2 Å². The Balaban J connectivity index is 2.92. The van der Waals surface area contributed by atoms with Crippen molar-refractivity contribution in [1.29, 1.82) is 0 Å². The first-order chi connectivity index (χ1) is 6.64. The minimum Gasteiger partial charge on any atom is -0.418 e. The Bertz CT molecular complexity index is 221. The average molecular weight is 262 g/mol. The molecule has 1 heterocycles. The molecule has 1 unspecified atom stereocenters. The summed E-state index contributed by atoms with van der Waals surface area (Å²) in [6, 6.07) is 1.35. The Morgan fingerprint density at radius 2 is 1.67 bits per heavy atom. The van der Waals surface area contributed by atoms with Gasteiger partial charge in [-0.05, 0) is 32.1 Å². The highest BCUT2D eigenvalue weighted by Crippen LogP contribution is 2.39. The number of hydrogen-bond donors (Lipinski definition) is 1. The lowest BCUT2D eigenvalue weighted by Crippen LogP contribution is -2.76. The summed E-state index contributed by atoms with van der Waals surface area (Å²) in [4.78, 5) is 0. The fraction of sp³-hybridized carbons (Fsp3) is 1.00. The Morgan fingerprint density at radius 1 is 1.13 bits per heavy atom. The summed E-state index contributed by atoms with van der Waals surface area (Å²) in [5.74, 6) is 0. The first kappa shape index (κ1) is 13.6. The fourth-order valence-corrected chi connectivity index (χ4v) is 32.3. The van der Waals surface area contributed by atoms with Crippen LogP contribution in [0.5, 0.6) is 0 Å². The van der Waals surface area contributed by atoms with Crippen molar-refractivity contribution in [2.24, 2.45) is 5.73 Å². The van der Waals surface area contributed by atoms with Gasteiger partial charge >= 0.3 is 0 Å². The molecule has 1 aliphatic heterocycles. The van der Waals surface area contributed by atoms with Crippen LogP contribution in [0.3, 0.4) is 0 Å². The average Bonchev–Trinajstić information content (AvgIpc) is 2.00. The van der Waals surface area contributed by atoms with E-state index in [1.807, 2.05) is 0 Å². The zero-order chi connectivity index (χ0) is 11.9. The van der Waals surface area contributed by atoms with E-state index >= 15 is 0 Å². The SMILES string of the molecule is C[Si]1(C)CC(CCN)O[Si](C)(C)[Si]1(C)C. The molecule has 0 saturated carbocycles. The molecule has 1 saturated heterocycles. The van der Waals surface area contributed by atoms with Gasteiger partial charge in [0, 0.05) is 13.7 Å². The molecule has 2 nitrogen and oxygen atoms in total. The maximum Gasteiger partial charge on any atom is 0.171 e. The molecule has 0 aromatic carbocycles. The molecule has 1 aliphatic rings. The molecule has 0 bridgehead atoms. The van der Waals surface area contributed by atoms with Gasteiger partial charge in [0.2, 0.25) is 0 Å². The van der Waals surface area contributed by atoms with Crippen molar-refractivity contribution >= 4 is 22.5 Å². The first-order valence-corrected chi connectivity index (χ1v) is 17.1. The molecule has 90 valence electrons. The molecule has 15 heavy (non-hydrogen) atoms. The van der Waals surface area contributed by atoms with Gasteiger partial charge in [-0.25, -0.2) is 0 Å². The van der Waals surface area contributed by atoms with E-state index in [0.29, 0.717) is 6.10 Å². The van der Waals surface area contributed by atoms with Gasteiger partial charge in [0.15, 0.2) is 7.83 Å². The maximum absolute atomic E-state index is 6.42. The van der Waals surface area contributed by atoms with E-state index in [1.54, 1.807) is 0 Å². The number of rotatable bonds is 2. The zero-order valence-corrected chi connectivity index (χ0v) is 14.2. The van der Waals surface area contributed by atoms with Gasteiger partial charge in [0.25, 0.3) is 0 Å². The highest BCUT2D eigenvalue weighted by molar-refractivity contribution is 7.67. The van der Waals surface area contributed by atoms with Crippen molar-refractivity contribution in [3.63, 3.8) is 0 Å².